The number of likely N-dealkylation sites (tertiary alicyclic amines) is 2. The number of carbonyl (C=O) groups is 3. The molecule has 28 heavy (non-hydrogen) atoms. The summed E-state index contributed by atoms with van der Waals surface area (Å²) in [6, 6.07) is 7.28. The van der Waals surface area contributed by atoms with Gasteiger partial charge in [0.15, 0.2) is 0 Å². The number of hydrogen-bond donors (Lipinski definition) is 1. The molecule has 0 saturated carbocycles. The molecule has 2 aliphatic heterocycles. The van der Waals surface area contributed by atoms with Crippen LogP contribution in [0.15, 0.2) is 24.3 Å². The lowest BCUT2D eigenvalue weighted by atomic mass is 10.0. The van der Waals surface area contributed by atoms with Crippen molar-refractivity contribution >= 4 is 17.7 Å². The van der Waals surface area contributed by atoms with Gasteiger partial charge in [0, 0.05) is 43.7 Å². The third kappa shape index (κ3) is 4.46. The predicted molar refractivity (Wildman–Crippen MR) is 105 cm³/mol. The molecule has 7 nitrogen and oxygen atoms in total. The molecule has 0 aliphatic carbocycles. The first-order valence-corrected chi connectivity index (χ1v) is 9.92. The summed E-state index contributed by atoms with van der Waals surface area (Å²) in [5, 5.41) is 3.08. The minimum Gasteiger partial charge on any atom is -0.497 e. The number of rotatable bonds is 5. The summed E-state index contributed by atoms with van der Waals surface area (Å²) in [6.07, 6.45) is 1.74. The Morgan fingerprint density at radius 2 is 1.79 bits per heavy atom. The van der Waals surface area contributed by atoms with Crippen molar-refractivity contribution in [2.24, 2.45) is 5.92 Å². The zero-order chi connectivity index (χ0) is 20.3. The third-order valence-corrected chi connectivity index (χ3v) is 5.62. The topological polar surface area (TPSA) is 79.0 Å². The van der Waals surface area contributed by atoms with Gasteiger partial charge in [-0.3, -0.25) is 14.4 Å². The Hall–Kier alpha value is -2.57. The van der Waals surface area contributed by atoms with Crippen LogP contribution in [0.4, 0.5) is 0 Å². The Kier molecular flexibility index (Phi) is 6.21. The summed E-state index contributed by atoms with van der Waals surface area (Å²) in [5.74, 6) is 0.459. The molecule has 2 fully saturated rings. The van der Waals surface area contributed by atoms with Gasteiger partial charge >= 0.3 is 0 Å². The van der Waals surface area contributed by atoms with Crippen molar-refractivity contribution in [3.63, 3.8) is 0 Å². The largest absolute Gasteiger partial charge is 0.497 e. The normalized spacial score (nSPS) is 20.6. The maximum absolute atomic E-state index is 12.6. The highest BCUT2D eigenvalue weighted by Crippen LogP contribution is 2.22. The average Bonchev–Trinajstić information content (AvgIpc) is 3.10. The van der Waals surface area contributed by atoms with Gasteiger partial charge in [0.25, 0.3) is 5.91 Å². The second-order valence-corrected chi connectivity index (χ2v) is 7.84. The van der Waals surface area contributed by atoms with Crippen LogP contribution < -0.4 is 10.1 Å². The molecule has 0 spiro atoms. The number of amides is 3. The van der Waals surface area contributed by atoms with Crippen LogP contribution in [0.2, 0.25) is 0 Å². The van der Waals surface area contributed by atoms with E-state index >= 15 is 0 Å². The maximum atomic E-state index is 12.6. The predicted octanol–water partition coefficient (Wildman–Crippen LogP) is 1.67. The highest BCUT2D eigenvalue weighted by Gasteiger charge is 2.36. The van der Waals surface area contributed by atoms with Gasteiger partial charge in [0.1, 0.15) is 5.75 Å². The maximum Gasteiger partial charge on any atom is 0.253 e. The van der Waals surface area contributed by atoms with Gasteiger partial charge in [0.2, 0.25) is 11.8 Å². The fraction of sp³-hybridized carbons (Fsp3) is 0.571. The van der Waals surface area contributed by atoms with Crippen molar-refractivity contribution in [3.8, 4) is 5.75 Å². The number of hydrogen-bond acceptors (Lipinski definition) is 4. The van der Waals surface area contributed by atoms with Gasteiger partial charge in [-0.25, -0.2) is 0 Å². The molecule has 1 atom stereocenters. The number of ether oxygens (including phenoxy) is 1. The van der Waals surface area contributed by atoms with Crippen molar-refractivity contribution < 1.29 is 19.1 Å². The van der Waals surface area contributed by atoms with Crippen molar-refractivity contribution in [1.29, 1.82) is 0 Å². The van der Waals surface area contributed by atoms with E-state index in [0.717, 1.165) is 18.6 Å². The Morgan fingerprint density at radius 3 is 2.32 bits per heavy atom. The van der Waals surface area contributed by atoms with E-state index in [4.69, 9.17) is 4.74 Å². The first-order valence-electron chi connectivity index (χ1n) is 9.92. The summed E-state index contributed by atoms with van der Waals surface area (Å²) in [7, 11) is 1.59. The lowest BCUT2D eigenvalue weighted by Gasteiger charge is -2.33. The molecule has 0 radical (unpaired) electrons. The van der Waals surface area contributed by atoms with Gasteiger partial charge in [-0.15, -0.1) is 0 Å². The van der Waals surface area contributed by atoms with Crippen LogP contribution in [-0.4, -0.2) is 66.3 Å². The van der Waals surface area contributed by atoms with Gasteiger partial charge in [-0.2, -0.15) is 0 Å². The lowest BCUT2D eigenvalue weighted by molar-refractivity contribution is -0.130. The fourth-order valence-electron chi connectivity index (χ4n) is 3.87. The molecule has 7 heteroatoms. The molecule has 1 aromatic rings. The van der Waals surface area contributed by atoms with Crippen molar-refractivity contribution in [1.82, 2.24) is 15.1 Å². The number of nitrogens with one attached hydrogen (secondary N) is 1. The summed E-state index contributed by atoms with van der Waals surface area (Å²) in [5.41, 5.74) is 0.640. The molecular formula is C21H29N3O4. The molecule has 2 heterocycles. The zero-order valence-corrected chi connectivity index (χ0v) is 16.8. The summed E-state index contributed by atoms with van der Waals surface area (Å²) in [4.78, 5) is 40.8. The zero-order valence-electron chi connectivity index (χ0n) is 16.8. The number of piperidine rings is 1. The van der Waals surface area contributed by atoms with E-state index in [2.05, 4.69) is 5.32 Å². The van der Waals surface area contributed by atoms with Gasteiger partial charge in [-0.05, 0) is 51.0 Å². The van der Waals surface area contributed by atoms with Crippen LogP contribution in [0, 0.1) is 5.92 Å². The van der Waals surface area contributed by atoms with Crippen molar-refractivity contribution in [3.05, 3.63) is 29.8 Å². The number of carbonyl (C=O) groups excluding carboxylic acids is 3. The molecule has 2 saturated heterocycles. The van der Waals surface area contributed by atoms with E-state index in [1.807, 2.05) is 18.7 Å². The monoisotopic (exact) mass is 387 g/mol. The minimum absolute atomic E-state index is 0.00129. The molecule has 0 aromatic heterocycles. The molecule has 3 rings (SSSR count). The summed E-state index contributed by atoms with van der Waals surface area (Å²) < 4.78 is 5.12. The molecule has 152 valence electrons. The van der Waals surface area contributed by atoms with Crippen LogP contribution in [0.25, 0.3) is 0 Å². The van der Waals surface area contributed by atoms with Crippen molar-refractivity contribution in [2.45, 2.75) is 45.2 Å². The number of nitrogens with zero attached hydrogens (tertiary/aromatic N) is 2. The highest BCUT2D eigenvalue weighted by molar-refractivity contribution is 5.94. The molecular weight excluding hydrogens is 358 g/mol. The summed E-state index contributed by atoms with van der Waals surface area (Å²) >= 11 is 0. The highest BCUT2D eigenvalue weighted by atomic mass is 16.5. The molecule has 2 aliphatic rings. The molecule has 1 aromatic carbocycles. The Labute approximate surface area is 166 Å². The van der Waals surface area contributed by atoms with E-state index in [9.17, 15) is 14.4 Å². The minimum atomic E-state index is -0.270. The van der Waals surface area contributed by atoms with E-state index in [-0.39, 0.29) is 35.7 Å². The van der Waals surface area contributed by atoms with E-state index < -0.39 is 0 Å². The van der Waals surface area contributed by atoms with E-state index in [1.54, 1.807) is 36.3 Å². The number of methoxy groups -OCH3 is 1. The van der Waals surface area contributed by atoms with Crippen LogP contribution in [0.3, 0.4) is 0 Å². The van der Waals surface area contributed by atoms with Crippen LogP contribution in [0.1, 0.15) is 43.5 Å². The van der Waals surface area contributed by atoms with Crippen LogP contribution >= 0.6 is 0 Å². The van der Waals surface area contributed by atoms with Gasteiger partial charge in [-0.1, -0.05) is 0 Å². The van der Waals surface area contributed by atoms with Crippen LogP contribution in [0.5, 0.6) is 5.75 Å². The van der Waals surface area contributed by atoms with E-state index in [1.165, 1.54) is 0 Å². The molecule has 3 amide bonds. The van der Waals surface area contributed by atoms with Gasteiger partial charge < -0.3 is 19.9 Å². The smallest absolute Gasteiger partial charge is 0.253 e. The fourth-order valence-corrected chi connectivity index (χ4v) is 3.87. The van der Waals surface area contributed by atoms with Crippen molar-refractivity contribution in [2.75, 3.05) is 26.7 Å². The van der Waals surface area contributed by atoms with E-state index in [0.29, 0.717) is 31.6 Å². The SMILES string of the molecule is COc1ccc(C(=O)N2CCC(NC(=O)C3CC(=O)N(C(C)C)C3)CC2)cc1. The second kappa shape index (κ2) is 8.63. The molecule has 0 bridgehead atoms. The first kappa shape index (κ1) is 20.2. The third-order valence-electron chi connectivity index (χ3n) is 5.62. The first-order chi connectivity index (χ1) is 13.4. The standard InChI is InChI=1S/C21H29N3O4/c1-14(2)24-13-16(12-19(24)25)20(26)22-17-8-10-23(11-9-17)21(27)15-4-6-18(28-3)7-5-15/h4-7,14,16-17H,8-13H2,1-3H3,(H,22,26). The van der Waals surface area contributed by atoms with Crippen LogP contribution in [-0.2, 0) is 9.59 Å². The number of benzene rings is 1. The molecule has 1 N–H and O–H groups in total. The Balaban J connectivity index is 1.48. The quantitative estimate of drug-likeness (QED) is 0.834. The van der Waals surface area contributed by atoms with Gasteiger partial charge in [0.05, 0.1) is 13.0 Å². The molecule has 1 unspecified atom stereocenters. The lowest BCUT2D eigenvalue weighted by Crippen LogP contribution is -2.48. The second-order valence-electron chi connectivity index (χ2n) is 7.84. The summed E-state index contributed by atoms with van der Waals surface area (Å²) in [6.45, 7) is 5.65. The average molecular weight is 387 g/mol. The Morgan fingerprint density at radius 1 is 1.14 bits per heavy atom. The Bertz CT molecular complexity index is 724.